The summed E-state index contributed by atoms with van der Waals surface area (Å²) in [6.07, 6.45) is 2.03. The van der Waals surface area contributed by atoms with Gasteiger partial charge in [-0.15, -0.1) is 0 Å². The number of hydrogen-bond acceptors (Lipinski definition) is 2. The highest BCUT2D eigenvalue weighted by Crippen LogP contribution is 2.37. The molecule has 2 nitrogen and oxygen atoms in total. The van der Waals surface area contributed by atoms with Crippen LogP contribution in [0.1, 0.15) is 107 Å². The van der Waals surface area contributed by atoms with Crippen LogP contribution in [0, 0.1) is 0 Å². The van der Waals surface area contributed by atoms with Crippen LogP contribution in [0.25, 0.3) is 0 Å². The molecule has 33 heavy (non-hydrogen) atoms. The molecule has 0 aromatic heterocycles. The van der Waals surface area contributed by atoms with E-state index in [4.69, 9.17) is 4.99 Å². The van der Waals surface area contributed by atoms with Crippen LogP contribution >= 0.6 is 0 Å². The molecule has 3 rings (SSSR count). The van der Waals surface area contributed by atoms with Gasteiger partial charge in [0.2, 0.25) is 0 Å². The molecule has 0 saturated heterocycles. The highest BCUT2D eigenvalue weighted by molar-refractivity contribution is 5.91. The van der Waals surface area contributed by atoms with Crippen molar-refractivity contribution in [3.63, 3.8) is 0 Å². The van der Waals surface area contributed by atoms with Gasteiger partial charge in [-0.3, -0.25) is 4.99 Å². The van der Waals surface area contributed by atoms with Crippen molar-refractivity contribution in [2.45, 2.75) is 79.1 Å². The van der Waals surface area contributed by atoms with E-state index in [9.17, 15) is 0 Å². The van der Waals surface area contributed by atoms with Gasteiger partial charge in [0.05, 0.1) is 5.69 Å². The van der Waals surface area contributed by atoms with Crippen LogP contribution in [0.3, 0.4) is 0 Å². The Kier molecular flexibility index (Phi) is 8.13. The average Bonchev–Trinajstić information content (AvgIpc) is 2.77. The van der Waals surface area contributed by atoms with Gasteiger partial charge >= 0.3 is 0 Å². The Bertz CT molecular complexity index is 1050. The van der Waals surface area contributed by atoms with Gasteiger partial charge in [0.15, 0.2) is 0 Å². The summed E-state index contributed by atoms with van der Waals surface area (Å²) in [5.74, 6) is 1.74. The Labute approximate surface area is 201 Å². The van der Waals surface area contributed by atoms with E-state index in [1.54, 1.807) is 0 Å². The Morgan fingerprint density at radius 3 is 1.52 bits per heavy atom. The van der Waals surface area contributed by atoms with Gasteiger partial charge < -0.3 is 5.32 Å². The molecule has 0 atom stereocenters. The number of rotatable bonds is 8. The van der Waals surface area contributed by atoms with E-state index in [-0.39, 0.29) is 0 Å². The molecule has 0 bridgehead atoms. The lowest BCUT2D eigenvalue weighted by molar-refractivity contribution is 0.835. The zero-order chi connectivity index (χ0) is 24.1. The van der Waals surface area contributed by atoms with Crippen LogP contribution in [-0.2, 0) is 0 Å². The van der Waals surface area contributed by atoms with Crippen LogP contribution in [0.2, 0.25) is 0 Å². The van der Waals surface area contributed by atoms with E-state index < -0.39 is 0 Å². The number of hydrogen-bond donors (Lipinski definition) is 1. The molecule has 0 aliphatic rings. The summed E-state index contributed by atoms with van der Waals surface area (Å²) < 4.78 is 0. The molecule has 0 aliphatic carbocycles. The fourth-order valence-electron chi connectivity index (χ4n) is 4.35. The molecule has 0 fully saturated rings. The van der Waals surface area contributed by atoms with Crippen molar-refractivity contribution >= 4 is 23.3 Å². The van der Waals surface area contributed by atoms with Crippen molar-refractivity contribution in [2.75, 3.05) is 5.32 Å². The molecule has 3 aromatic carbocycles. The highest BCUT2D eigenvalue weighted by Gasteiger charge is 2.16. The summed E-state index contributed by atoms with van der Waals surface area (Å²) in [5.41, 5.74) is 9.82. The molecule has 0 aliphatic heterocycles. The zero-order valence-electron chi connectivity index (χ0n) is 21.6. The predicted molar refractivity (Wildman–Crippen MR) is 146 cm³/mol. The quantitative estimate of drug-likeness (QED) is 0.346. The van der Waals surface area contributed by atoms with E-state index in [1.165, 1.54) is 27.9 Å². The molecule has 3 aromatic rings. The first-order valence-corrected chi connectivity index (χ1v) is 12.4. The number of nitrogens with zero attached hydrogens (tertiary/aromatic N) is 1. The van der Waals surface area contributed by atoms with Gasteiger partial charge in [0, 0.05) is 23.2 Å². The minimum Gasteiger partial charge on any atom is -0.355 e. The monoisotopic (exact) mass is 440 g/mol. The lowest BCUT2D eigenvalue weighted by atomic mass is 9.92. The molecule has 2 heteroatoms. The number of aliphatic imine (C=N–C) groups is 1. The zero-order valence-corrected chi connectivity index (χ0v) is 21.6. The van der Waals surface area contributed by atoms with Gasteiger partial charge in [0.25, 0.3) is 0 Å². The fraction of sp³-hybridized carbons (Fsp3) is 0.387. The maximum absolute atomic E-state index is 5.07. The third-order valence-electron chi connectivity index (χ3n) is 6.27. The van der Waals surface area contributed by atoms with Gasteiger partial charge in [0.1, 0.15) is 0 Å². The number of benzene rings is 3. The summed E-state index contributed by atoms with van der Waals surface area (Å²) in [6, 6.07) is 21.7. The van der Waals surface area contributed by atoms with Crippen LogP contribution in [-0.4, -0.2) is 6.21 Å². The summed E-state index contributed by atoms with van der Waals surface area (Å²) in [7, 11) is 0. The smallest absolute Gasteiger partial charge is 0.0699 e. The van der Waals surface area contributed by atoms with Crippen molar-refractivity contribution in [1.82, 2.24) is 0 Å². The van der Waals surface area contributed by atoms with Crippen molar-refractivity contribution < 1.29 is 0 Å². The van der Waals surface area contributed by atoms with Crippen LogP contribution in [0.5, 0.6) is 0 Å². The van der Waals surface area contributed by atoms with Crippen molar-refractivity contribution in [1.29, 1.82) is 0 Å². The molecular weight excluding hydrogens is 400 g/mol. The van der Waals surface area contributed by atoms with E-state index in [2.05, 4.69) is 121 Å². The highest BCUT2D eigenvalue weighted by atomic mass is 14.9. The minimum absolute atomic E-state index is 0.427. The average molecular weight is 441 g/mol. The first kappa shape index (κ1) is 24.8. The van der Waals surface area contributed by atoms with Crippen LogP contribution in [0.4, 0.5) is 17.1 Å². The lowest BCUT2D eigenvalue weighted by Gasteiger charge is -2.22. The molecule has 0 heterocycles. The summed E-state index contributed by atoms with van der Waals surface area (Å²) >= 11 is 0. The van der Waals surface area contributed by atoms with Crippen molar-refractivity contribution in [3.8, 4) is 0 Å². The molecule has 1 N–H and O–H groups in total. The first-order chi connectivity index (χ1) is 15.7. The summed E-state index contributed by atoms with van der Waals surface area (Å²) in [6.45, 7) is 18.0. The van der Waals surface area contributed by atoms with Gasteiger partial charge in [-0.05, 0) is 52.0 Å². The fourth-order valence-corrected chi connectivity index (χ4v) is 4.35. The number of para-hydroxylation sites is 3. The van der Waals surface area contributed by atoms with E-state index in [0.29, 0.717) is 23.7 Å². The second-order valence-corrected chi connectivity index (χ2v) is 10.2. The molecule has 0 saturated carbocycles. The van der Waals surface area contributed by atoms with Crippen molar-refractivity contribution in [2.24, 2.45) is 4.99 Å². The standard InChI is InChI=1S/C31H40N2/c1-20(2)25-14-11-15-26(21(3)4)30(25)32-19-24-13-9-10-18-29(24)33-31-27(22(5)6)16-12-17-28(31)23(7)8/h9-23,33H,1-8H3. The number of anilines is 2. The maximum atomic E-state index is 5.07. The van der Waals surface area contributed by atoms with Crippen LogP contribution in [0.15, 0.2) is 65.7 Å². The van der Waals surface area contributed by atoms with E-state index in [0.717, 1.165) is 16.9 Å². The molecule has 0 amide bonds. The molecule has 0 unspecified atom stereocenters. The molecule has 174 valence electrons. The third-order valence-corrected chi connectivity index (χ3v) is 6.27. The maximum Gasteiger partial charge on any atom is 0.0699 e. The third kappa shape index (κ3) is 5.74. The van der Waals surface area contributed by atoms with Gasteiger partial charge in [-0.1, -0.05) is 110 Å². The lowest BCUT2D eigenvalue weighted by Crippen LogP contribution is -2.05. The SMILES string of the molecule is CC(C)c1cccc(C(C)C)c1N=Cc1ccccc1Nc1c(C(C)C)cccc1C(C)C. The molecular formula is C31H40N2. The Morgan fingerprint density at radius 2 is 1.03 bits per heavy atom. The Hall–Kier alpha value is -2.87. The summed E-state index contributed by atoms with van der Waals surface area (Å²) in [5, 5.41) is 3.79. The largest absolute Gasteiger partial charge is 0.355 e. The minimum atomic E-state index is 0.427. The number of nitrogens with one attached hydrogen (secondary N) is 1. The second kappa shape index (κ2) is 10.8. The Balaban J connectivity index is 2.07. The van der Waals surface area contributed by atoms with Gasteiger partial charge in [-0.25, -0.2) is 0 Å². The van der Waals surface area contributed by atoms with E-state index >= 15 is 0 Å². The topological polar surface area (TPSA) is 24.4 Å². The van der Waals surface area contributed by atoms with Crippen LogP contribution < -0.4 is 5.32 Å². The second-order valence-electron chi connectivity index (χ2n) is 10.2. The molecule has 0 radical (unpaired) electrons. The Morgan fingerprint density at radius 1 is 0.576 bits per heavy atom. The van der Waals surface area contributed by atoms with Crippen molar-refractivity contribution in [3.05, 3.63) is 88.5 Å². The first-order valence-electron chi connectivity index (χ1n) is 12.4. The van der Waals surface area contributed by atoms with E-state index in [1.807, 2.05) is 6.21 Å². The van der Waals surface area contributed by atoms with Gasteiger partial charge in [-0.2, -0.15) is 0 Å². The molecule has 0 spiro atoms. The predicted octanol–water partition coefficient (Wildman–Crippen LogP) is 9.67. The normalized spacial score (nSPS) is 12.0. The summed E-state index contributed by atoms with van der Waals surface area (Å²) in [4.78, 5) is 5.07.